The van der Waals surface area contributed by atoms with Crippen molar-refractivity contribution in [3.63, 3.8) is 0 Å². The Balaban J connectivity index is 4.09. The molecule has 0 heterocycles. The van der Waals surface area contributed by atoms with Crippen LogP contribution in [-0.2, 0) is 9.53 Å². The van der Waals surface area contributed by atoms with Gasteiger partial charge in [-0.15, -0.1) is 0 Å². The van der Waals surface area contributed by atoms with Gasteiger partial charge in [-0.2, -0.15) is 0 Å². The Labute approximate surface area is 103 Å². The Morgan fingerprint density at radius 1 is 1.62 bits per heavy atom. The highest BCUT2D eigenvalue weighted by Gasteiger charge is 2.31. The van der Waals surface area contributed by atoms with Crippen molar-refractivity contribution in [2.45, 2.75) is 28.0 Å². The summed E-state index contributed by atoms with van der Waals surface area (Å²) in [5.74, 6) is -0.411. The van der Waals surface area contributed by atoms with Crippen LogP contribution in [0.2, 0.25) is 0 Å². The molecule has 0 bridgehead atoms. The van der Waals surface area contributed by atoms with Gasteiger partial charge in [0.2, 0.25) is 2.14 Å². The quantitative estimate of drug-likeness (QED) is 0.423. The van der Waals surface area contributed by atoms with Crippen LogP contribution in [0.1, 0.15) is 19.8 Å². The zero-order valence-corrected chi connectivity index (χ0v) is 12.0. The number of ether oxygens (including phenoxy) is 1. The van der Waals surface area contributed by atoms with Crippen molar-refractivity contribution in [1.82, 2.24) is 0 Å². The van der Waals surface area contributed by atoms with E-state index in [0.29, 0.717) is 0 Å². The standard InChI is InChI=1S/C8H11Br3O2/c1-3-5-6(4-2)13-7(12)8(9,10)11/h4,6H,2-3,5H2,1H3. The van der Waals surface area contributed by atoms with E-state index in [-0.39, 0.29) is 6.10 Å². The summed E-state index contributed by atoms with van der Waals surface area (Å²) in [4.78, 5) is 11.3. The van der Waals surface area contributed by atoms with Crippen LogP contribution in [0.15, 0.2) is 12.7 Å². The van der Waals surface area contributed by atoms with Gasteiger partial charge >= 0.3 is 5.97 Å². The number of carbonyl (C=O) groups is 1. The molecule has 1 atom stereocenters. The molecule has 2 nitrogen and oxygen atoms in total. The fourth-order valence-electron chi connectivity index (χ4n) is 0.714. The first-order chi connectivity index (χ1) is 5.91. The van der Waals surface area contributed by atoms with E-state index in [0.717, 1.165) is 12.8 Å². The average Bonchev–Trinajstić information content (AvgIpc) is 2.01. The highest BCUT2D eigenvalue weighted by Crippen LogP contribution is 2.35. The Morgan fingerprint density at radius 2 is 2.15 bits per heavy atom. The van der Waals surface area contributed by atoms with Crippen molar-refractivity contribution >= 4 is 53.8 Å². The molecule has 5 heteroatoms. The molecule has 0 saturated carbocycles. The van der Waals surface area contributed by atoms with Crippen molar-refractivity contribution in [3.8, 4) is 0 Å². The second-order valence-corrected chi connectivity index (χ2v) is 9.23. The van der Waals surface area contributed by atoms with E-state index >= 15 is 0 Å². The van der Waals surface area contributed by atoms with E-state index in [4.69, 9.17) is 4.74 Å². The van der Waals surface area contributed by atoms with Crippen LogP contribution in [0.5, 0.6) is 0 Å². The molecular formula is C8H11Br3O2. The van der Waals surface area contributed by atoms with Gasteiger partial charge in [0, 0.05) is 0 Å². The molecule has 76 valence electrons. The van der Waals surface area contributed by atoms with Crippen LogP contribution in [0.3, 0.4) is 0 Å². The Morgan fingerprint density at radius 3 is 2.46 bits per heavy atom. The zero-order valence-electron chi connectivity index (χ0n) is 7.23. The summed E-state index contributed by atoms with van der Waals surface area (Å²) < 4.78 is 4.12. The molecule has 0 aliphatic rings. The number of carbonyl (C=O) groups excluding carboxylic acids is 1. The third kappa shape index (κ3) is 5.86. The molecule has 0 aromatic carbocycles. The van der Waals surface area contributed by atoms with Crippen molar-refractivity contribution in [1.29, 1.82) is 0 Å². The van der Waals surface area contributed by atoms with Crippen molar-refractivity contribution in [3.05, 3.63) is 12.7 Å². The van der Waals surface area contributed by atoms with E-state index in [2.05, 4.69) is 54.4 Å². The van der Waals surface area contributed by atoms with Crippen molar-refractivity contribution in [2.75, 3.05) is 0 Å². The topological polar surface area (TPSA) is 26.3 Å². The highest BCUT2D eigenvalue weighted by molar-refractivity contribution is 9.40. The molecule has 0 N–H and O–H groups in total. The van der Waals surface area contributed by atoms with Gasteiger partial charge in [0.15, 0.2) is 0 Å². The minimum atomic E-state index is -0.984. The fourth-order valence-corrected chi connectivity index (χ4v) is 0.994. The Kier molecular flexibility index (Phi) is 6.50. The second-order valence-electron chi connectivity index (χ2n) is 2.47. The Bertz CT molecular complexity index is 186. The van der Waals surface area contributed by atoms with Gasteiger partial charge in [0.05, 0.1) is 0 Å². The van der Waals surface area contributed by atoms with Crippen molar-refractivity contribution in [2.24, 2.45) is 0 Å². The van der Waals surface area contributed by atoms with E-state index in [1.807, 2.05) is 6.92 Å². The number of hydrogen-bond acceptors (Lipinski definition) is 2. The summed E-state index contributed by atoms with van der Waals surface area (Å²) >= 11 is 9.23. The zero-order chi connectivity index (χ0) is 10.5. The van der Waals surface area contributed by atoms with Gasteiger partial charge in [-0.05, 0) is 54.2 Å². The lowest BCUT2D eigenvalue weighted by Crippen LogP contribution is -2.25. The maximum Gasteiger partial charge on any atom is 0.345 e. The molecule has 0 aliphatic carbocycles. The maximum atomic E-state index is 11.3. The summed E-state index contributed by atoms with van der Waals surface area (Å²) in [5.41, 5.74) is 0. The average molecular weight is 379 g/mol. The van der Waals surface area contributed by atoms with E-state index in [9.17, 15) is 4.79 Å². The SMILES string of the molecule is C=CC(CCC)OC(=O)C(Br)(Br)Br. The molecule has 0 amide bonds. The molecule has 0 aromatic rings. The monoisotopic (exact) mass is 376 g/mol. The third-order valence-electron chi connectivity index (χ3n) is 1.33. The van der Waals surface area contributed by atoms with E-state index < -0.39 is 8.11 Å². The predicted octanol–water partition coefficient (Wildman–Crippen LogP) is 3.72. The summed E-state index contributed by atoms with van der Waals surface area (Å²) in [6.45, 7) is 5.61. The molecule has 0 fully saturated rings. The lowest BCUT2D eigenvalue weighted by Gasteiger charge is -2.17. The smallest absolute Gasteiger partial charge is 0.345 e. The van der Waals surface area contributed by atoms with Crippen LogP contribution >= 0.6 is 47.8 Å². The molecule has 1 unspecified atom stereocenters. The van der Waals surface area contributed by atoms with E-state index in [1.165, 1.54) is 0 Å². The molecule has 0 saturated heterocycles. The molecule has 13 heavy (non-hydrogen) atoms. The molecule has 0 spiro atoms. The van der Waals surface area contributed by atoms with Crippen LogP contribution in [0, 0.1) is 0 Å². The lowest BCUT2D eigenvalue weighted by atomic mass is 10.2. The van der Waals surface area contributed by atoms with Crippen LogP contribution in [0.25, 0.3) is 0 Å². The third-order valence-corrected chi connectivity index (χ3v) is 2.30. The first-order valence-corrected chi connectivity index (χ1v) is 6.20. The molecule has 0 radical (unpaired) electrons. The normalized spacial score (nSPS) is 13.5. The van der Waals surface area contributed by atoms with Gasteiger partial charge < -0.3 is 4.74 Å². The first kappa shape index (κ1) is 13.7. The first-order valence-electron chi connectivity index (χ1n) is 3.82. The summed E-state index contributed by atoms with van der Waals surface area (Å²) in [7, 11) is 0. The Hall–Kier alpha value is 0.650. The molecule has 0 aliphatic heterocycles. The molecular weight excluding hydrogens is 368 g/mol. The van der Waals surface area contributed by atoms with Crippen LogP contribution < -0.4 is 0 Å². The van der Waals surface area contributed by atoms with Gasteiger partial charge in [-0.25, -0.2) is 4.79 Å². The van der Waals surface area contributed by atoms with Gasteiger partial charge in [0.1, 0.15) is 6.10 Å². The molecule has 0 rings (SSSR count). The summed E-state index contributed by atoms with van der Waals surface area (Å²) in [6.07, 6.45) is 3.15. The number of rotatable bonds is 4. The van der Waals surface area contributed by atoms with Crippen LogP contribution in [0.4, 0.5) is 0 Å². The predicted molar refractivity (Wildman–Crippen MR) is 64.5 cm³/mol. The second kappa shape index (κ2) is 6.19. The lowest BCUT2D eigenvalue weighted by molar-refractivity contribution is -0.144. The largest absolute Gasteiger partial charge is 0.456 e. The van der Waals surface area contributed by atoms with Gasteiger partial charge in [-0.3, -0.25) is 0 Å². The number of hydrogen-bond donors (Lipinski definition) is 0. The van der Waals surface area contributed by atoms with Gasteiger partial charge in [-0.1, -0.05) is 26.0 Å². The number of halogens is 3. The highest BCUT2D eigenvalue weighted by atomic mass is 80.0. The van der Waals surface area contributed by atoms with Crippen LogP contribution in [-0.4, -0.2) is 14.2 Å². The van der Waals surface area contributed by atoms with E-state index in [1.54, 1.807) is 6.08 Å². The van der Waals surface area contributed by atoms with Gasteiger partial charge in [0.25, 0.3) is 0 Å². The minimum absolute atomic E-state index is 0.218. The molecule has 0 aromatic heterocycles. The number of esters is 1. The summed E-state index contributed by atoms with van der Waals surface area (Å²) in [6, 6.07) is 0. The minimum Gasteiger partial charge on any atom is -0.456 e. The van der Waals surface area contributed by atoms with Crippen molar-refractivity contribution < 1.29 is 9.53 Å². The maximum absolute atomic E-state index is 11.3. The summed E-state index contributed by atoms with van der Waals surface area (Å²) in [5, 5.41) is 0. The number of alkyl halides is 3. The fraction of sp³-hybridized carbons (Fsp3) is 0.625.